The van der Waals surface area contributed by atoms with E-state index in [0.717, 1.165) is 16.6 Å². The van der Waals surface area contributed by atoms with Crippen LogP contribution < -0.4 is 0 Å². The Labute approximate surface area is 129 Å². The van der Waals surface area contributed by atoms with Gasteiger partial charge >= 0.3 is 5.97 Å². The summed E-state index contributed by atoms with van der Waals surface area (Å²) in [4.78, 5) is 11.4. The smallest absolute Gasteiger partial charge is 0.354 e. The molecule has 0 amide bonds. The van der Waals surface area contributed by atoms with E-state index in [-0.39, 0.29) is 5.69 Å². The molecule has 0 saturated carbocycles. The topological polar surface area (TPSA) is 55.1 Å². The largest absolute Gasteiger partial charge is 0.477 e. The van der Waals surface area contributed by atoms with Gasteiger partial charge in [0.05, 0.1) is 0 Å². The second-order valence-electron chi connectivity index (χ2n) is 5.76. The Bertz CT molecular complexity index is 845. The summed E-state index contributed by atoms with van der Waals surface area (Å²) in [5, 5.41) is 14.4. The van der Waals surface area contributed by atoms with Crippen LogP contribution in [0.25, 0.3) is 22.0 Å². The number of hydrogen-bond donors (Lipinski definition) is 1. The molecule has 4 heteroatoms. The number of aryl methyl sites for hydroxylation is 1. The average Bonchev–Trinajstić information content (AvgIpc) is 2.83. The molecule has 0 aliphatic heterocycles. The van der Waals surface area contributed by atoms with Gasteiger partial charge in [0.15, 0.2) is 5.69 Å². The standard InChI is InChI=1S/C18H18N2O2/c1-11(2)12-7-9-13(10-8-12)14-5-4-6-15-16(14)19-20(3)17(15)18(21)22/h4-11H,1-3H3,(H,21,22). The van der Waals surface area contributed by atoms with Crippen molar-refractivity contribution in [2.45, 2.75) is 19.8 Å². The van der Waals surface area contributed by atoms with E-state index in [9.17, 15) is 9.90 Å². The van der Waals surface area contributed by atoms with Crippen molar-refractivity contribution >= 4 is 16.9 Å². The predicted molar refractivity (Wildman–Crippen MR) is 87.2 cm³/mol. The minimum absolute atomic E-state index is 0.218. The molecule has 4 nitrogen and oxygen atoms in total. The molecule has 0 bridgehead atoms. The summed E-state index contributed by atoms with van der Waals surface area (Å²) in [6, 6.07) is 14.0. The van der Waals surface area contributed by atoms with Gasteiger partial charge in [0, 0.05) is 18.0 Å². The first-order valence-corrected chi connectivity index (χ1v) is 7.28. The van der Waals surface area contributed by atoms with Crippen LogP contribution in [-0.2, 0) is 7.05 Å². The van der Waals surface area contributed by atoms with Crippen molar-refractivity contribution in [2.75, 3.05) is 0 Å². The fourth-order valence-electron chi connectivity index (χ4n) is 2.75. The highest BCUT2D eigenvalue weighted by Crippen LogP contribution is 2.30. The number of nitrogens with zero attached hydrogens (tertiary/aromatic N) is 2. The quantitative estimate of drug-likeness (QED) is 0.792. The molecule has 0 saturated heterocycles. The fraction of sp³-hybridized carbons (Fsp3) is 0.222. The number of rotatable bonds is 3. The number of carbonyl (C=O) groups is 1. The first-order chi connectivity index (χ1) is 10.5. The SMILES string of the molecule is CC(C)c1ccc(-c2cccc3c(C(=O)O)n(C)nc23)cc1. The van der Waals surface area contributed by atoms with Gasteiger partial charge in [-0.25, -0.2) is 4.79 Å². The van der Waals surface area contributed by atoms with Crippen molar-refractivity contribution in [3.63, 3.8) is 0 Å². The van der Waals surface area contributed by atoms with Crippen molar-refractivity contribution in [3.8, 4) is 11.1 Å². The number of aromatic nitrogens is 2. The predicted octanol–water partition coefficient (Wildman–Crippen LogP) is 4.06. The maximum atomic E-state index is 11.4. The molecule has 0 unspecified atom stereocenters. The van der Waals surface area contributed by atoms with Crippen LogP contribution in [0.3, 0.4) is 0 Å². The zero-order valence-corrected chi connectivity index (χ0v) is 12.9. The van der Waals surface area contributed by atoms with Gasteiger partial charge in [-0.1, -0.05) is 56.3 Å². The van der Waals surface area contributed by atoms with Gasteiger partial charge in [-0.15, -0.1) is 0 Å². The number of aromatic carboxylic acids is 1. The molecule has 2 aromatic carbocycles. The third-order valence-electron chi connectivity index (χ3n) is 3.96. The third-order valence-corrected chi connectivity index (χ3v) is 3.96. The van der Waals surface area contributed by atoms with E-state index >= 15 is 0 Å². The van der Waals surface area contributed by atoms with E-state index in [0.29, 0.717) is 11.3 Å². The van der Waals surface area contributed by atoms with Crippen molar-refractivity contribution < 1.29 is 9.90 Å². The molecule has 1 heterocycles. The van der Waals surface area contributed by atoms with E-state index in [1.807, 2.05) is 12.1 Å². The van der Waals surface area contributed by atoms with Gasteiger partial charge in [-0.05, 0) is 17.0 Å². The highest BCUT2D eigenvalue weighted by Gasteiger charge is 2.17. The average molecular weight is 294 g/mol. The van der Waals surface area contributed by atoms with E-state index in [1.165, 1.54) is 10.2 Å². The molecule has 0 fully saturated rings. The maximum absolute atomic E-state index is 11.4. The van der Waals surface area contributed by atoms with Gasteiger partial charge in [0.1, 0.15) is 5.52 Å². The Morgan fingerprint density at radius 3 is 2.41 bits per heavy atom. The molecule has 3 aromatic rings. The van der Waals surface area contributed by atoms with Crippen LogP contribution in [0.2, 0.25) is 0 Å². The molecule has 22 heavy (non-hydrogen) atoms. The first kappa shape index (κ1) is 14.3. The van der Waals surface area contributed by atoms with Crippen LogP contribution in [0.1, 0.15) is 35.8 Å². The van der Waals surface area contributed by atoms with E-state index in [1.54, 1.807) is 13.1 Å². The molecular weight excluding hydrogens is 276 g/mol. The van der Waals surface area contributed by atoms with Gasteiger partial charge in [-0.3, -0.25) is 4.68 Å². The lowest BCUT2D eigenvalue weighted by molar-refractivity contribution is 0.0687. The Kier molecular flexibility index (Phi) is 3.45. The number of hydrogen-bond acceptors (Lipinski definition) is 2. The van der Waals surface area contributed by atoms with Crippen LogP contribution in [-0.4, -0.2) is 20.9 Å². The van der Waals surface area contributed by atoms with E-state index < -0.39 is 5.97 Å². The van der Waals surface area contributed by atoms with Gasteiger partial charge in [0.2, 0.25) is 0 Å². The molecule has 0 radical (unpaired) electrons. The molecule has 0 aliphatic rings. The molecule has 1 aromatic heterocycles. The minimum Gasteiger partial charge on any atom is -0.477 e. The summed E-state index contributed by atoms with van der Waals surface area (Å²) in [6.07, 6.45) is 0. The first-order valence-electron chi connectivity index (χ1n) is 7.28. The normalized spacial score (nSPS) is 11.3. The monoisotopic (exact) mass is 294 g/mol. The van der Waals surface area contributed by atoms with Crippen LogP contribution in [0.15, 0.2) is 42.5 Å². The van der Waals surface area contributed by atoms with Gasteiger partial charge in [-0.2, -0.15) is 5.10 Å². The summed E-state index contributed by atoms with van der Waals surface area (Å²) in [6.45, 7) is 4.32. The molecule has 1 N–H and O–H groups in total. The Balaban J connectivity index is 2.19. The van der Waals surface area contributed by atoms with Crippen molar-refractivity contribution in [1.29, 1.82) is 0 Å². The van der Waals surface area contributed by atoms with Gasteiger partial charge < -0.3 is 5.11 Å². The zero-order valence-electron chi connectivity index (χ0n) is 12.9. The van der Waals surface area contributed by atoms with Crippen LogP contribution in [0.5, 0.6) is 0 Å². The minimum atomic E-state index is -0.961. The number of carboxylic acid groups (broad SMARTS) is 1. The van der Waals surface area contributed by atoms with Crippen LogP contribution in [0, 0.1) is 0 Å². The second-order valence-corrected chi connectivity index (χ2v) is 5.76. The summed E-state index contributed by atoms with van der Waals surface area (Å²) in [5.74, 6) is -0.476. The zero-order chi connectivity index (χ0) is 15.9. The maximum Gasteiger partial charge on any atom is 0.354 e. The number of fused-ring (bicyclic) bond motifs is 1. The highest BCUT2D eigenvalue weighted by atomic mass is 16.4. The van der Waals surface area contributed by atoms with Crippen molar-refractivity contribution in [3.05, 3.63) is 53.7 Å². The Morgan fingerprint density at radius 2 is 1.82 bits per heavy atom. The van der Waals surface area contributed by atoms with Crippen LogP contribution >= 0.6 is 0 Å². The lowest BCUT2D eigenvalue weighted by Crippen LogP contribution is -2.05. The van der Waals surface area contributed by atoms with Crippen LogP contribution in [0.4, 0.5) is 0 Å². The van der Waals surface area contributed by atoms with Crippen molar-refractivity contribution in [1.82, 2.24) is 9.78 Å². The van der Waals surface area contributed by atoms with E-state index in [4.69, 9.17) is 0 Å². The summed E-state index contributed by atoms with van der Waals surface area (Å²) in [5.41, 5.74) is 4.22. The van der Waals surface area contributed by atoms with E-state index in [2.05, 4.69) is 43.2 Å². The summed E-state index contributed by atoms with van der Waals surface area (Å²) < 4.78 is 1.43. The summed E-state index contributed by atoms with van der Waals surface area (Å²) in [7, 11) is 1.66. The van der Waals surface area contributed by atoms with Gasteiger partial charge in [0.25, 0.3) is 0 Å². The number of benzene rings is 2. The Morgan fingerprint density at radius 1 is 1.14 bits per heavy atom. The molecule has 0 spiro atoms. The molecule has 3 rings (SSSR count). The fourth-order valence-corrected chi connectivity index (χ4v) is 2.75. The third kappa shape index (κ3) is 2.26. The lowest BCUT2D eigenvalue weighted by Gasteiger charge is -2.07. The highest BCUT2D eigenvalue weighted by molar-refractivity contribution is 6.05. The number of carboxylic acids is 1. The molecule has 0 aliphatic carbocycles. The second kappa shape index (κ2) is 5.30. The molecule has 0 atom stereocenters. The lowest BCUT2D eigenvalue weighted by atomic mass is 9.97. The summed E-state index contributed by atoms with van der Waals surface area (Å²) >= 11 is 0. The Hall–Kier alpha value is -2.62. The molecular formula is C18H18N2O2. The molecule has 112 valence electrons. The van der Waals surface area contributed by atoms with Crippen molar-refractivity contribution in [2.24, 2.45) is 7.05 Å².